The van der Waals surface area contributed by atoms with Gasteiger partial charge < -0.3 is 9.32 Å². The number of sulfonamides is 1. The lowest BCUT2D eigenvalue weighted by Crippen LogP contribution is -2.49. The van der Waals surface area contributed by atoms with Gasteiger partial charge in [-0.1, -0.05) is 36.4 Å². The van der Waals surface area contributed by atoms with Crippen molar-refractivity contribution in [2.75, 3.05) is 37.6 Å². The molecule has 1 aliphatic rings. The second kappa shape index (κ2) is 8.82. The average Bonchev–Trinajstić information content (AvgIpc) is 3.30. The summed E-state index contributed by atoms with van der Waals surface area (Å²) in [5.41, 5.74) is 1.21. The molecule has 0 saturated carbocycles. The van der Waals surface area contributed by atoms with Gasteiger partial charge >= 0.3 is 0 Å². The summed E-state index contributed by atoms with van der Waals surface area (Å²) in [6, 6.07) is 22.4. The fraction of sp³-hybridized carbons (Fsp3) is 0.273. The lowest BCUT2D eigenvalue weighted by molar-refractivity contribution is 0.166. The number of nitrogens with one attached hydrogen (secondary N) is 1. The molecule has 1 aliphatic heterocycles. The van der Waals surface area contributed by atoms with E-state index in [9.17, 15) is 8.42 Å². The van der Waals surface area contributed by atoms with E-state index in [0.29, 0.717) is 0 Å². The molecule has 152 valence electrons. The molecule has 0 bridgehead atoms. The van der Waals surface area contributed by atoms with Crippen molar-refractivity contribution in [1.29, 1.82) is 0 Å². The van der Waals surface area contributed by atoms with Crippen LogP contribution in [0.1, 0.15) is 11.8 Å². The van der Waals surface area contributed by atoms with E-state index in [1.807, 2.05) is 30.3 Å². The smallest absolute Gasteiger partial charge is 0.240 e. The molecule has 0 amide bonds. The maximum atomic E-state index is 12.7. The summed E-state index contributed by atoms with van der Waals surface area (Å²) in [4.78, 5) is 4.91. The van der Waals surface area contributed by atoms with Crippen molar-refractivity contribution in [2.45, 2.75) is 10.9 Å². The van der Waals surface area contributed by atoms with Crippen LogP contribution in [-0.2, 0) is 10.0 Å². The van der Waals surface area contributed by atoms with E-state index in [1.54, 1.807) is 36.6 Å². The average molecular weight is 412 g/mol. The van der Waals surface area contributed by atoms with Crippen molar-refractivity contribution in [2.24, 2.45) is 0 Å². The number of piperazine rings is 1. The molecular weight excluding hydrogens is 386 g/mol. The summed E-state index contributed by atoms with van der Waals surface area (Å²) >= 11 is 0. The van der Waals surface area contributed by atoms with E-state index < -0.39 is 10.0 Å². The molecule has 0 aliphatic carbocycles. The maximum absolute atomic E-state index is 12.7. The third kappa shape index (κ3) is 4.70. The zero-order valence-electron chi connectivity index (χ0n) is 16.1. The Hall–Kier alpha value is -2.61. The number of nitrogens with zero attached hydrogens (tertiary/aromatic N) is 2. The Balaban J connectivity index is 1.45. The maximum Gasteiger partial charge on any atom is 0.240 e. The second-order valence-corrected chi connectivity index (χ2v) is 8.82. The predicted molar refractivity (Wildman–Crippen MR) is 113 cm³/mol. The molecule has 7 heteroatoms. The largest absolute Gasteiger partial charge is 0.468 e. The van der Waals surface area contributed by atoms with Gasteiger partial charge in [0.1, 0.15) is 5.76 Å². The van der Waals surface area contributed by atoms with Gasteiger partial charge in [-0.2, -0.15) is 0 Å². The molecule has 1 fully saturated rings. The van der Waals surface area contributed by atoms with Crippen LogP contribution in [0.5, 0.6) is 0 Å². The number of furan rings is 1. The van der Waals surface area contributed by atoms with Crippen molar-refractivity contribution in [3.8, 4) is 0 Å². The van der Waals surface area contributed by atoms with Crippen LogP contribution in [0.2, 0.25) is 0 Å². The Kier molecular flexibility index (Phi) is 5.99. The Labute approximate surface area is 171 Å². The van der Waals surface area contributed by atoms with Crippen LogP contribution in [0.3, 0.4) is 0 Å². The SMILES string of the molecule is O=S(=O)(NC[C@@H](c1ccco1)N1CCN(c2ccccc2)CC1)c1ccccc1. The third-order valence-corrected chi connectivity index (χ3v) is 6.71. The van der Waals surface area contributed by atoms with Crippen molar-refractivity contribution < 1.29 is 12.8 Å². The fourth-order valence-corrected chi connectivity index (χ4v) is 4.75. The highest BCUT2D eigenvalue weighted by Gasteiger charge is 2.28. The van der Waals surface area contributed by atoms with E-state index in [1.165, 1.54) is 5.69 Å². The number of benzene rings is 2. The van der Waals surface area contributed by atoms with Crippen LogP contribution in [0.15, 0.2) is 88.4 Å². The number of hydrogen-bond donors (Lipinski definition) is 1. The monoisotopic (exact) mass is 411 g/mol. The minimum atomic E-state index is -3.57. The third-order valence-electron chi connectivity index (χ3n) is 5.27. The molecule has 1 saturated heterocycles. The Morgan fingerprint density at radius 1 is 0.862 bits per heavy atom. The molecule has 2 aromatic carbocycles. The number of anilines is 1. The van der Waals surface area contributed by atoms with E-state index in [0.717, 1.165) is 31.9 Å². The molecule has 4 rings (SSSR count). The minimum absolute atomic E-state index is 0.151. The van der Waals surface area contributed by atoms with Gasteiger partial charge in [-0.05, 0) is 36.4 Å². The Morgan fingerprint density at radius 3 is 2.14 bits per heavy atom. The van der Waals surface area contributed by atoms with Gasteiger partial charge in [0.05, 0.1) is 17.2 Å². The van der Waals surface area contributed by atoms with Gasteiger partial charge in [-0.15, -0.1) is 0 Å². The molecule has 29 heavy (non-hydrogen) atoms. The zero-order chi connectivity index (χ0) is 20.1. The first-order valence-corrected chi connectivity index (χ1v) is 11.2. The van der Waals surface area contributed by atoms with Crippen molar-refractivity contribution in [3.05, 3.63) is 84.8 Å². The van der Waals surface area contributed by atoms with E-state index >= 15 is 0 Å². The first-order valence-electron chi connectivity index (χ1n) is 9.76. The fourth-order valence-electron chi connectivity index (χ4n) is 3.69. The van der Waals surface area contributed by atoms with E-state index in [4.69, 9.17) is 4.42 Å². The molecule has 0 unspecified atom stereocenters. The predicted octanol–water partition coefficient (Wildman–Crippen LogP) is 3.12. The first kappa shape index (κ1) is 19.7. The number of hydrogen-bond acceptors (Lipinski definition) is 5. The number of para-hydroxylation sites is 1. The van der Waals surface area contributed by atoms with Crippen LogP contribution in [0.25, 0.3) is 0 Å². The van der Waals surface area contributed by atoms with Crippen molar-refractivity contribution in [1.82, 2.24) is 9.62 Å². The zero-order valence-corrected chi connectivity index (χ0v) is 17.0. The summed E-state index contributed by atoms with van der Waals surface area (Å²) in [6.07, 6.45) is 1.63. The molecule has 0 spiro atoms. The normalized spacial score (nSPS) is 16.6. The second-order valence-electron chi connectivity index (χ2n) is 7.05. The molecule has 6 nitrogen and oxygen atoms in total. The Morgan fingerprint density at radius 2 is 1.52 bits per heavy atom. The van der Waals surface area contributed by atoms with Gasteiger partial charge in [-0.25, -0.2) is 13.1 Å². The van der Waals surface area contributed by atoms with Crippen LogP contribution >= 0.6 is 0 Å². The van der Waals surface area contributed by atoms with Crippen LogP contribution in [0.4, 0.5) is 5.69 Å². The standard InChI is InChI=1S/C22H25N3O3S/c26-29(27,20-10-5-2-6-11-20)23-18-21(22-12-7-17-28-22)25-15-13-24(14-16-25)19-8-3-1-4-9-19/h1-12,17,21,23H,13-16,18H2/t21-/m0/s1. The topological polar surface area (TPSA) is 65.8 Å². The highest BCUT2D eigenvalue weighted by Crippen LogP contribution is 2.25. The number of rotatable bonds is 7. The highest BCUT2D eigenvalue weighted by atomic mass is 32.2. The van der Waals surface area contributed by atoms with Gasteiger partial charge in [0.25, 0.3) is 0 Å². The molecule has 1 atom stereocenters. The lowest BCUT2D eigenvalue weighted by Gasteiger charge is -2.39. The van der Waals surface area contributed by atoms with E-state index in [-0.39, 0.29) is 17.5 Å². The van der Waals surface area contributed by atoms with Crippen molar-refractivity contribution >= 4 is 15.7 Å². The van der Waals surface area contributed by atoms with Gasteiger partial charge in [0.15, 0.2) is 0 Å². The summed E-state index contributed by atoms with van der Waals surface area (Å²) in [5, 5.41) is 0. The van der Waals surface area contributed by atoms with E-state index in [2.05, 4.69) is 26.7 Å². The van der Waals surface area contributed by atoms with Crippen LogP contribution in [0, 0.1) is 0 Å². The van der Waals surface area contributed by atoms with Crippen LogP contribution in [-0.4, -0.2) is 46.0 Å². The summed E-state index contributed by atoms with van der Waals surface area (Å²) < 4.78 is 33.7. The highest BCUT2D eigenvalue weighted by molar-refractivity contribution is 7.89. The molecule has 0 radical (unpaired) electrons. The van der Waals surface area contributed by atoms with Crippen LogP contribution < -0.4 is 9.62 Å². The molecule has 3 aromatic rings. The Bertz CT molecular complexity index is 984. The molecular formula is C22H25N3O3S. The summed E-state index contributed by atoms with van der Waals surface area (Å²) in [5.74, 6) is 0.772. The van der Waals surface area contributed by atoms with Gasteiger partial charge in [0.2, 0.25) is 10.0 Å². The molecule has 2 heterocycles. The first-order chi connectivity index (χ1) is 14.1. The summed E-state index contributed by atoms with van der Waals surface area (Å²) in [7, 11) is -3.57. The summed E-state index contributed by atoms with van der Waals surface area (Å²) in [6.45, 7) is 3.68. The molecule has 1 aromatic heterocycles. The van der Waals surface area contributed by atoms with Crippen molar-refractivity contribution in [3.63, 3.8) is 0 Å². The van der Waals surface area contributed by atoms with Gasteiger partial charge in [0, 0.05) is 38.4 Å². The molecule has 1 N–H and O–H groups in total. The lowest BCUT2D eigenvalue weighted by atomic mass is 10.1. The minimum Gasteiger partial charge on any atom is -0.468 e. The quantitative estimate of drug-likeness (QED) is 0.647. The van der Waals surface area contributed by atoms with Gasteiger partial charge in [-0.3, -0.25) is 4.90 Å².